The zero-order valence-corrected chi connectivity index (χ0v) is 17.1. The molecule has 150 valence electrons. The van der Waals surface area contributed by atoms with E-state index in [2.05, 4.69) is 17.0 Å². The van der Waals surface area contributed by atoms with Crippen molar-refractivity contribution in [1.29, 1.82) is 0 Å². The van der Waals surface area contributed by atoms with Crippen molar-refractivity contribution in [3.63, 3.8) is 0 Å². The Morgan fingerprint density at radius 2 is 1.68 bits per heavy atom. The zero-order valence-electron chi connectivity index (χ0n) is 16.3. The lowest BCUT2D eigenvalue weighted by molar-refractivity contribution is 0.0526. The molecule has 0 aromatic heterocycles. The highest BCUT2D eigenvalue weighted by Crippen LogP contribution is 2.22. The molecular weight excluding hydrogens is 376 g/mol. The van der Waals surface area contributed by atoms with Gasteiger partial charge in [-0.05, 0) is 35.7 Å². The number of esters is 1. The van der Waals surface area contributed by atoms with Crippen molar-refractivity contribution in [2.24, 2.45) is 0 Å². The number of sulfonamides is 1. The summed E-state index contributed by atoms with van der Waals surface area (Å²) in [5.41, 5.74) is 3.74. The summed E-state index contributed by atoms with van der Waals surface area (Å²) < 4.78 is 29.8. The van der Waals surface area contributed by atoms with Crippen LogP contribution in [-0.4, -0.2) is 62.6 Å². The van der Waals surface area contributed by atoms with Crippen molar-refractivity contribution in [2.45, 2.75) is 13.5 Å². The second-order valence-corrected chi connectivity index (χ2v) is 8.92. The molecule has 2 aromatic carbocycles. The maximum absolute atomic E-state index is 11.9. The summed E-state index contributed by atoms with van der Waals surface area (Å²) in [7, 11) is -3.10. The fraction of sp³-hybridized carbons (Fsp3) is 0.381. The molecule has 1 aliphatic heterocycles. The maximum atomic E-state index is 11.9. The third-order valence-electron chi connectivity index (χ3n) is 4.87. The first kappa shape index (κ1) is 20.5. The fourth-order valence-corrected chi connectivity index (χ4v) is 4.15. The van der Waals surface area contributed by atoms with E-state index in [1.165, 1.54) is 16.1 Å². The minimum atomic E-state index is -3.10. The molecule has 1 heterocycles. The average Bonchev–Trinajstić information content (AvgIpc) is 2.69. The van der Waals surface area contributed by atoms with E-state index in [1.54, 1.807) is 13.0 Å². The van der Waals surface area contributed by atoms with Gasteiger partial charge in [-0.15, -0.1) is 0 Å². The molecule has 7 heteroatoms. The van der Waals surface area contributed by atoms with Gasteiger partial charge in [0.15, 0.2) is 0 Å². The van der Waals surface area contributed by atoms with Crippen molar-refractivity contribution < 1.29 is 17.9 Å². The minimum Gasteiger partial charge on any atom is -0.462 e. The molecular formula is C21H26N2O4S. The van der Waals surface area contributed by atoms with Gasteiger partial charge >= 0.3 is 5.97 Å². The molecule has 0 spiro atoms. The molecule has 0 bridgehead atoms. The fourth-order valence-electron chi connectivity index (χ4n) is 3.32. The van der Waals surface area contributed by atoms with Crippen molar-refractivity contribution in [1.82, 2.24) is 9.21 Å². The van der Waals surface area contributed by atoms with Crippen LogP contribution in [0.25, 0.3) is 11.1 Å². The highest BCUT2D eigenvalue weighted by Gasteiger charge is 2.23. The molecule has 1 fully saturated rings. The number of ether oxygens (including phenoxy) is 1. The molecule has 0 atom stereocenters. The van der Waals surface area contributed by atoms with Gasteiger partial charge in [-0.2, -0.15) is 4.31 Å². The standard InChI is InChI=1S/C21H26N2O4S/c1-3-27-21(24)20-6-4-5-19(15-20)18-9-7-17(8-10-18)16-22-11-13-23(14-12-22)28(2,25)26/h4-10,15H,3,11-14,16H2,1-2H3. The second kappa shape index (κ2) is 8.86. The SMILES string of the molecule is CCOC(=O)c1cccc(-c2ccc(CN3CCN(S(C)(=O)=O)CC3)cc2)c1. The molecule has 0 saturated carbocycles. The average molecular weight is 403 g/mol. The summed E-state index contributed by atoms with van der Waals surface area (Å²) in [4.78, 5) is 14.2. The first-order valence-electron chi connectivity index (χ1n) is 9.41. The van der Waals surface area contributed by atoms with E-state index < -0.39 is 10.0 Å². The van der Waals surface area contributed by atoms with Crippen LogP contribution in [0.5, 0.6) is 0 Å². The zero-order chi connectivity index (χ0) is 20.1. The van der Waals surface area contributed by atoms with Gasteiger partial charge in [-0.1, -0.05) is 36.4 Å². The third kappa shape index (κ3) is 5.19. The number of carbonyl (C=O) groups excluding carboxylic acids is 1. The lowest BCUT2D eigenvalue weighted by atomic mass is 10.0. The van der Waals surface area contributed by atoms with Gasteiger partial charge in [-0.25, -0.2) is 13.2 Å². The lowest BCUT2D eigenvalue weighted by Crippen LogP contribution is -2.47. The summed E-state index contributed by atoms with van der Waals surface area (Å²) >= 11 is 0. The molecule has 6 nitrogen and oxygen atoms in total. The summed E-state index contributed by atoms with van der Waals surface area (Å²) in [6.07, 6.45) is 1.26. The number of rotatable bonds is 6. The van der Waals surface area contributed by atoms with Gasteiger partial charge in [0.2, 0.25) is 10.0 Å². The number of benzene rings is 2. The Kier molecular flexibility index (Phi) is 6.49. The Morgan fingerprint density at radius 3 is 2.29 bits per heavy atom. The highest BCUT2D eigenvalue weighted by atomic mass is 32.2. The molecule has 2 aromatic rings. The maximum Gasteiger partial charge on any atom is 0.338 e. The Balaban J connectivity index is 1.63. The largest absolute Gasteiger partial charge is 0.462 e. The van der Waals surface area contributed by atoms with Crippen LogP contribution in [-0.2, 0) is 21.3 Å². The normalized spacial score (nSPS) is 16.1. The Labute approximate surface area is 166 Å². The van der Waals surface area contributed by atoms with Gasteiger partial charge in [0, 0.05) is 32.7 Å². The van der Waals surface area contributed by atoms with Gasteiger partial charge in [0.05, 0.1) is 18.4 Å². The van der Waals surface area contributed by atoms with Gasteiger partial charge in [0.25, 0.3) is 0 Å². The Morgan fingerprint density at radius 1 is 1.00 bits per heavy atom. The van der Waals surface area contributed by atoms with Crippen molar-refractivity contribution in [3.05, 3.63) is 59.7 Å². The molecule has 3 rings (SSSR count). The van der Waals surface area contributed by atoms with E-state index in [0.29, 0.717) is 25.3 Å². The first-order chi connectivity index (χ1) is 13.4. The Hall–Kier alpha value is -2.22. The predicted octanol–water partition coefficient (Wildman–Crippen LogP) is 2.61. The molecule has 0 aliphatic carbocycles. The van der Waals surface area contributed by atoms with Gasteiger partial charge in [-0.3, -0.25) is 4.90 Å². The van der Waals surface area contributed by atoms with Crippen molar-refractivity contribution in [3.8, 4) is 11.1 Å². The summed E-state index contributed by atoms with van der Waals surface area (Å²) in [6.45, 7) is 5.49. The van der Waals surface area contributed by atoms with Crippen LogP contribution in [0.3, 0.4) is 0 Å². The highest BCUT2D eigenvalue weighted by molar-refractivity contribution is 7.88. The topological polar surface area (TPSA) is 66.9 Å². The van der Waals surface area contributed by atoms with E-state index >= 15 is 0 Å². The van der Waals surface area contributed by atoms with Crippen LogP contribution < -0.4 is 0 Å². The third-order valence-corrected chi connectivity index (χ3v) is 6.17. The molecule has 0 radical (unpaired) electrons. The molecule has 28 heavy (non-hydrogen) atoms. The molecule has 1 aliphatic rings. The van der Waals surface area contributed by atoms with E-state index in [1.807, 2.05) is 30.3 Å². The van der Waals surface area contributed by atoms with E-state index in [-0.39, 0.29) is 5.97 Å². The minimum absolute atomic E-state index is 0.311. The van der Waals surface area contributed by atoms with Crippen LogP contribution in [0.1, 0.15) is 22.8 Å². The van der Waals surface area contributed by atoms with Crippen molar-refractivity contribution >= 4 is 16.0 Å². The lowest BCUT2D eigenvalue weighted by Gasteiger charge is -2.33. The molecule has 1 saturated heterocycles. The van der Waals surface area contributed by atoms with Crippen LogP contribution in [0.4, 0.5) is 0 Å². The summed E-state index contributed by atoms with van der Waals surface area (Å²) in [5, 5.41) is 0. The smallest absolute Gasteiger partial charge is 0.338 e. The number of piperazine rings is 1. The predicted molar refractivity (Wildman–Crippen MR) is 110 cm³/mol. The summed E-state index contributed by atoms with van der Waals surface area (Å²) in [5.74, 6) is -0.311. The number of hydrogen-bond acceptors (Lipinski definition) is 5. The van der Waals surface area contributed by atoms with Crippen molar-refractivity contribution in [2.75, 3.05) is 39.0 Å². The van der Waals surface area contributed by atoms with Crippen LogP contribution in [0.15, 0.2) is 48.5 Å². The van der Waals surface area contributed by atoms with Crippen LogP contribution in [0.2, 0.25) is 0 Å². The monoisotopic (exact) mass is 402 g/mol. The molecule has 0 amide bonds. The Bertz CT molecular complexity index is 918. The number of nitrogens with zero attached hydrogens (tertiary/aromatic N) is 2. The number of carbonyl (C=O) groups is 1. The molecule has 0 N–H and O–H groups in total. The van der Waals surface area contributed by atoms with E-state index in [9.17, 15) is 13.2 Å². The summed E-state index contributed by atoms with van der Waals surface area (Å²) in [6, 6.07) is 15.7. The number of hydrogen-bond donors (Lipinski definition) is 0. The van der Waals surface area contributed by atoms with Crippen LogP contribution >= 0.6 is 0 Å². The first-order valence-corrected chi connectivity index (χ1v) is 11.3. The van der Waals surface area contributed by atoms with E-state index in [0.717, 1.165) is 30.8 Å². The molecule has 0 unspecified atom stereocenters. The second-order valence-electron chi connectivity index (χ2n) is 6.94. The van der Waals surface area contributed by atoms with Gasteiger partial charge in [0.1, 0.15) is 0 Å². The van der Waals surface area contributed by atoms with Gasteiger partial charge < -0.3 is 4.74 Å². The van der Waals surface area contributed by atoms with E-state index in [4.69, 9.17) is 4.74 Å². The quantitative estimate of drug-likeness (QED) is 0.695. The van der Waals surface area contributed by atoms with Crippen LogP contribution in [0, 0.1) is 0 Å².